The fraction of sp³-hybridized carbons (Fsp3) is 0.333. The van der Waals surface area contributed by atoms with Gasteiger partial charge in [0.25, 0.3) is 0 Å². The minimum absolute atomic E-state index is 0.0140. The molecule has 1 N–H and O–H groups in total. The average Bonchev–Trinajstić information content (AvgIpc) is 2.79. The monoisotopic (exact) mass is 347 g/mol. The van der Waals surface area contributed by atoms with E-state index >= 15 is 0 Å². The fourth-order valence-electron chi connectivity index (χ4n) is 3.15. The van der Waals surface area contributed by atoms with Crippen LogP contribution in [0.3, 0.4) is 0 Å². The molecule has 1 amide bonds. The third-order valence-electron chi connectivity index (χ3n) is 4.42. The van der Waals surface area contributed by atoms with Crippen LogP contribution in [0, 0.1) is 16.7 Å². The number of carbonyl (C=O) groups excluding carboxylic acids is 1. The number of halogens is 3. The summed E-state index contributed by atoms with van der Waals surface area (Å²) >= 11 is 0. The van der Waals surface area contributed by atoms with Gasteiger partial charge >= 0.3 is 6.18 Å². The first-order valence-electron chi connectivity index (χ1n) is 7.71. The topological polar surface area (TPSA) is 56.1 Å². The summed E-state index contributed by atoms with van der Waals surface area (Å²) in [5, 5.41) is 11.0. The van der Waals surface area contributed by atoms with Crippen molar-refractivity contribution in [2.45, 2.75) is 26.1 Å². The summed E-state index contributed by atoms with van der Waals surface area (Å²) in [6, 6.07) is 9.21. The zero-order valence-electron chi connectivity index (χ0n) is 13.7. The first-order chi connectivity index (χ1) is 11.6. The Morgan fingerprint density at radius 2 is 1.84 bits per heavy atom. The molecule has 1 fully saturated rings. The van der Waals surface area contributed by atoms with Gasteiger partial charge in [-0.3, -0.25) is 10.2 Å². The number of hydrogen-bond donors (Lipinski definition) is 1. The molecular formula is C18H16F3N3O. The number of amides is 1. The Morgan fingerprint density at radius 3 is 2.36 bits per heavy atom. The lowest BCUT2D eigenvalue weighted by Gasteiger charge is -2.30. The van der Waals surface area contributed by atoms with E-state index in [1.54, 1.807) is 38.1 Å². The number of nitriles is 1. The number of alkyl halides is 3. The van der Waals surface area contributed by atoms with Crippen molar-refractivity contribution in [1.29, 1.82) is 5.26 Å². The Kier molecular flexibility index (Phi) is 3.96. The van der Waals surface area contributed by atoms with E-state index in [4.69, 9.17) is 0 Å². The van der Waals surface area contributed by atoms with E-state index in [9.17, 15) is 23.2 Å². The number of benzene rings is 2. The van der Waals surface area contributed by atoms with Crippen molar-refractivity contribution in [2.75, 3.05) is 6.54 Å². The van der Waals surface area contributed by atoms with Gasteiger partial charge in [-0.25, -0.2) is 5.01 Å². The fourth-order valence-corrected chi connectivity index (χ4v) is 3.15. The second-order valence-corrected chi connectivity index (χ2v) is 6.76. The Hall–Kier alpha value is -2.59. The molecule has 1 saturated heterocycles. The standard InChI is InChI=1S/C18H16F3N3O/c1-17(2)10-24(23-16(17)25)15(18(19,20)21)14-8-7-11(9-22)12-5-3-4-6-13(12)14/h3-8,15H,10H2,1-2H3,(H,23,25). The Morgan fingerprint density at radius 1 is 1.20 bits per heavy atom. The van der Waals surface area contributed by atoms with Crippen LogP contribution < -0.4 is 5.43 Å². The molecule has 2 aromatic rings. The first kappa shape index (κ1) is 17.2. The number of fused-ring (bicyclic) bond motifs is 1. The van der Waals surface area contributed by atoms with Crippen LogP contribution in [0.4, 0.5) is 13.2 Å². The van der Waals surface area contributed by atoms with Crippen LogP contribution >= 0.6 is 0 Å². The molecule has 4 nitrogen and oxygen atoms in total. The van der Waals surface area contributed by atoms with Gasteiger partial charge in [-0.2, -0.15) is 18.4 Å². The second kappa shape index (κ2) is 5.74. The Bertz CT molecular complexity index is 883. The van der Waals surface area contributed by atoms with Crippen LogP contribution in [0.1, 0.15) is 31.0 Å². The van der Waals surface area contributed by atoms with Crippen LogP contribution in [-0.4, -0.2) is 23.6 Å². The van der Waals surface area contributed by atoms with Gasteiger partial charge in [0.05, 0.1) is 17.0 Å². The number of nitrogens with one attached hydrogen (secondary N) is 1. The Labute approximate surface area is 142 Å². The van der Waals surface area contributed by atoms with E-state index in [1.807, 2.05) is 6.07 Å². The molecule has 130 valence electrons. The van der Waals surface area contributed by atoms with Crippen LogP contribution in [0.15, 0.2) is 36.4 Å². The highest BCUT2D eigenvalue weighted by Gasteiger charge is 2.51. The molecule has 0 spiro atoms. The third-order valence-corrected chi connectivity index (χ3v) is 4.42. The lowest BCUT2D eigenvalue weighted by atomic mass is 9.92. The number of hydrogen-bond acceptors (Lipinski definition) is 3. The zero-order chi connectivity index (χ0) is 18.4. The van der Waals surface area contributed by atoms with Crippen LogP contribution in [0.2, 0.25) is 0 Å². The van der Waals surface area contributed by atoms with E-state index in [0.29, 0.717) is 16.3 Å². The summed E-state index contributed by atoms with van der Waals surface area (Å²) in [6.45, 7) is 3.14. The molecule has 2 aromatic carbocycles. The smallest absolute Gasteiger partial charge is 0.287 e. The molecule has 3 rings (SSSR count). The minimum Gasteiger partial charge on any atom is -0.287 e. The molecule has 25 heavy (non-hydrogen) atoms. The molecule has 0 radical (unpaired) electrons. The Balaban J connectivity index is 2.18. The molecule has 1 heterocycles. The molecule has 1 aliphatic heterocycles. The predicted molar refractivity (Wildman–Crippen MR) is 86.1 cm³/mol. The normalized spacial score (nSPS) is 18.8. The van der Waals surface area contributed by atoms with Gasteiger partial charge in [-0.1, -0.05) is 30.3 Å². The summed E-state index contributed by atoms with van der Waals surface area (Å²) in [5.41, 5.74) is 1.77. The number of nitrogens with zero attached hydrogens (tertiary/aromatic N) is 2. The lowest BCUT2D eigenvalue weighted by Crippen LogP contribution is -2.43. The van der Waals surface area contributed by atoms with E-state index in [2.05, 4.69) is 5.43 Å². The number of rotatable bonds is 2. The molecule has 1 atom stereocenters. The summed E-state index contributed by atoms with van der Waals surface area (Å²) in [5.74, 6) is -0.445. The van der Waals surface area contributed by atoms with Gasteiger partial charge < -0.3 is 0 Å². The van der Waals surface area contributed by atoms with Gasteiger partial charge in [-0.05, 0) is 36.2 Å². The molecule has 0 saturated carbocycles. The van der Waals surface area contributed by atoms with Crippen molar-refractivity contribution in [3.8, 4) is 6.07 Å². The maximum absolute atomic E-state index is 13.9. The van der Waals surface area contributed by atoms with E-state index in [1.165, 1.54) is 12.1 Å². The van der Waals surface area contributed by atoms with Gasteiger partial charge in [0, 0.05) is 6.54 Å². The van der Waals surface area contributed by atoms with Gasteiger partial charge in [0.2, 0.25) is 5.91 Å². The highest BCUT2D eigenvalue weighted by atomic mass is 19.4. The first-order valence-corrected chi connectivity index (χ1v) is 7.71. The summed E-state index contributed by atoms with van der Waals surface area (Å²) in [6.07, 6.45) is -4.59. The summed E-state index contributed by atoms with van der Waals surface area (Å²) < 4.78 is 41.7. The van der Waals surface area contributed by atoms with Crippen LogP contribution in [-0.2, 0) is 4.79 Å². The molecule has 1 aliphatic rings. The molecule has 0 aromatic heterocycles. The van der Waals surface area contributed by atoms with Crippen molar-refractivity contribution in [3.05, 3.63) is 47.5 Å². The van der Waals surface area contributed by atoms with Gasteiger partial charge in [-0.15, -0.1) is 0 Å². The third kappa shape index (κ3) is 2.94. The van der Waals surface area contributed by atoms with Crippen molar-refractivity contribution in [3.63, 3.8) is 0 Å². The van der Waals surface area contributed by atoms with E-state index in [-0.39, 0.29) is 12.1 Å². The molecule has 1 unspecified atom stereocenters. The van der Waals surface area contributed by atoms with Crippen molar-refractivity contribution in [2.24, 2.45) is 5.41 Å². The second-order valence-electron chi connectivity index (χ2n) is 6.76. The number of carbonyl (C=O) groups is 1. The van der Waals surface area contributed by atoms with Crippen molar-refractivity contribution >= 4 is 16.7 Å². The zero-order valence-corrected chi connectivity index (χ0v) is 13.7. The van der Waals surface area contributed by atoms with E-state index in [0.717, 1.165) is 5.01 Å². The van der Waals surface area contributed by atoms with Gasteiger partial charge in [0.15, 0.2) is 6.04 Å². The summed E-state index contributed by atoms with van der Waals surface area (Å²) in [7, 11) is 0. The molecular weight excluding hydrogens is 331 g/mol. The van der Waals surface area contributed by atoms with Crippen LogP contribution in [0.25, 0.3) is 10.8 Å². The minimum atomic E-state index is -4.59. The SMILES string of the molecule is CC1(C)CN(C(c2ccc(C#N)c3ccccc23)C(F)(F)F)NC1=O. The highest BCUT2D eigenvalue weighted by molar-refractivity contribution is 5.91. The maximum atomic E-state index is 13.9. The quantitative estimate of drug-likeness (QED) is 0.901. The predicted octanol–water partition coefficient (Wildman–Crippen LogP) is 3.69. The van der Waals surface area contributed by atoms with Crippen molar-refractivity contribution < 1.29 is 18.0 Å². The average molecular weight is 347 g/mol. The van der Waals surface area contributed by atoms with Crippen molar-refractivity contribution in [1.82, 2.24) is 10.4 Å². The van der Waals surface area contributed by atoms with Gasteiger partial charge in [0.1, 0.15) is 0 Å². The number of hydrazine groups is 1. The molecule has 0 bridgehead atoms. The maximum Gasteiger partial charge on any atom is 0.409 e. The molecule has 0 aliphatic carbocycles. The van der Waals surface area contributed by atoms with E-state index < -0.39 is 23.5 Å². The molecule has 7 heteroatoms. The van der Waals surface area contributed by atoms with Crippen LogP contribution in [0.5, 0.6) is 0 Å². The summed E-state index contributed by atoms with van der Waals surface area (Å²) in [4.78, 5) is 12.0. The lowest BCUT2D eigenvalue weighted by molar-refractivity contribution is -0.191. The highest BCUT2D eigenvalue weighted by Crippen LogP contribution is 2.43. The largest absolute Gasteiger partial charge is 0.409 e.